The fourth-order valence-corrected chi connectivity index (χ4v) is 4.56. The second kappa shape index (κ2) is 9.95. The van der Waals surface area contributed by atoms with Gasteiger partial charge in [-0.1, -0.05) is 59.8 Å². The molecule has 0 bridgehead atoms. The molecule has 4 nitrogen and oxygen atoms in total. The molecule has 1 saturated heterocycles. The number of anilines is 1. The lowest BCUT2D eigenvalue weighted by molar-refractivity contribution is -0.115. The zero-order chi connectivity index (χ0) is 23.5. The molecule has 0 spiro atoms. The number of thioether (sulfide) groups is 1. The van der Waals surface area contributed by atoms with Gasteiger partial charge in [-0.15, -0.1) is 0 Å². The van der Waals surface area contributed by atoms with Gasteiger partial charge in [0, 0.05) is 30.9 Å². The number of amides is 1. The molecule has 1 aliphatic rings. The van der Waals surface area contributed by atoms with Crippen LogP contribution < -0.4 is 15.0 Å². The highest BCUT2D eigenvalue weighted by Gasteiger charge is 2.23. The number of carbonyl (C=O) groups excluding carboxylic acids is 1. The number of thiocarbonyl (C=S) groups is 1. The topological polar surface area (TPSA) is 41.6 Å². The quantitative estimate of drug-likeness (QED) is 0.320. The summed E-state index contributed by atoms with van der Waals surface area (Å²) in [5.74, 6) is -0.188. The van der Waals surface area contributed by atoms with Crippen molar-refractivity contribution < 1.29 is 13.9 Å². The number of halogens is 2. The minimum atomic E-state index is -0.434. The van der Waals surface area contributed by atoms with Crippen LogP contribution in [0.4, 0.5) is 10.1 Å². The summed E-state index contributed by atoms with van der Waals surface area (Å²) in [6, 6.07) is 18.3. The van der Waals surface area contributed by atoms with E-state index in [1.165, 1.54) is 17.8 Å². The third-order valence-corrected chi connectivity index (χ3v) is 6.61. The summed E-state index contributed by atoms with van der Waals surface area (Å²) in [5.41, 5.74) is 4.02. The van der Waals surface area contributed by atoms with Gasteiger partial charge in [-0.3, -0.25) is 4.79 Å². The molecule has 3 aromatic carbocycles. The molecule has 0 aliphatic carbocycles. The smallest absolute Gasteiger partial charge is 0.263 e. The third kappa shape index (κ3) is 5.38. The van der Waals surface area contributed by atoms with E-state index in [1.54, 1.807) is 18.2 Å². The van der Waals surface area contributed by atoms with E-state index in [0.717, 1.165) is 16.8 Å². The Balaban J connectivity index is 1.70. The summed E-state index contributed by atoms with van der Waals surface area (Å²) in [7, 11) is 3.98. The second-order valence-corrected chi connectivity index (χ2v) is 9.66. The van der Waals surface area contributed by atoms with Crippen LogP contribution in [0.1, 0.15) is 11.1 Å². The molecule has 1 amide bonds. The molecule has 1 aliphatic heterocycles. The van der Waals surface area contributed by atoms with Crippen LogP contribution in [0.15, 0.2) is 65.6 Å². The molecule has 0 radical (unpaired) electrons. The lowest BCUT2D eigenvalue weighted by Gasteiger charge is -2.15. The molecule has 1 heterocycles. The van der Waals surface area contributed by atoms with Crippen LogP contribution in [0.3, 0.4) is 0 Å². The molecule has 3 aromatic rings. The molecule has 1 fully saturated rings. The molecule has 4 rings (SSSR count). The normalized spacial score (nSPS) is 14.5. The van der Waals surface area contributed by atoms with E-state index >= 15 is 0 Å². The molecule has 0 unspecified atom stereocenters. The summed E-state index contributed by atoms with van der Waals surface area (Å²) in [6.45, 7) is -0.0453. The van der Waals surface area contributed by atoms with E-state index in [1.807, 2.05) is 61.5 Å². The first-order valence-corrected chi connectivity index (χ1v) is 11.6. The SMILES string of the molecule is CN(C)c1ccc(-c2ccc(OCc3c(F)cccc3Cl)c(/C=C3/SC(=S)NC3=O)c2)cc1. The predicted molar refractivity (Wildman–Crippen MR) is 138 cm³/mol. The van der Waals surface area contributed by atoms with E-state index in [4.69, 9.17) is 28.6 Å². The first-order valence-electron chi connectivity index (χ1n) is 10.0. The van der Waals surface area contributed by atoms with E-state index in [-0.39, 0.29) is 18.1 Å². The highest BCUT2D eigenvalue weighted by Crippen LogP contribution is 2.34. The fraction of sp³-hybridized carbons (Fsp3) is 0.120. The van der Waals surface area contributed by atoms with Crippen LogP contribution in [0.25, 0.3) is 17.2 Å². The number of carbonyl (C=O) groups is 1. The maximum Gasteiger partial charge on any atom is 0.263 e. The Hall–Kier alpha value is -2.87. The van der Waals surface area contributed by atoms with E-state index in [2.05, 4.69) is 5.32 Å². The van der Waals surface area contributed by atoms with Crippen LogP contribution in [0.5, 0.6) is 5.75 Å². The van der Waals surface area contributed by atoms with Gasteiger partial charge in [0.25, 0.3) is 5.91 Å². The summed E-state index contributed by atoms with van der Waals surface area (Å²) in [5, 5.41) is 2.91. The van der Waals surface area contributed by atoms with Crippen LogP contribution in [0, 0.1) is 5.82 Å². The van der Waals surface area contributed by atoms with Crippen molar-refractivity contribution in [2.24, 2.45) is 0 Å². The molecule has 0 atom stereocenters. The predicted octanol–water partition coefficient (Wildman–Crippen LogP) is 6.28. The summed E-state index contributed by atoms with van der Waals surface area (Å²) < 4.78 is 20.6. The van der Waals surface area contributed by atoms with Gasteiger partial charge in [-0.05, 0) is 53.6 Å². The molecular formula is C25H20ClFN2O2S2. The van der Waals surface area contributed by atoms with Crippen molar-refractivity contribution in [1.82, 2.24) is 5.32 Å². The lowest BCUT2D eigenvalue weighted by Crippen LogP contribution is -2.17. The Labute approximate surface area is 206 Å². The number of ether oxygens (including phenoxy) is 1. The van der Waals surface area contributed by atoms with Gasteiger partial charge >= 0.3 is 0 Å². The Morgan fingerprint density at radius 1 is 1.12 bits per heavy atom. The van der Waals surface area contributed by atoms with Gasteiger partial charge in [-0.2, -0.15) is 0 Å². The average Bonchev–Trinajstić information content (AvgIpc) is 3.10. The van der Waals surface area contributed by atoms with Crippen molar-refractivity contribution in [1.29, 1.82) is 0 Å². The van der Waals surface area contributed by atoms with Crippen LogP contribution in [-0.2, 0) is 11.4 Å². The maximum absolute atomic E-state index is 14.2. The number of nitrogens with one attached hydrogen (secondary N) is 1. The molecular weight excluding hydrogens is 479 g/mol. The molecule has 0 aromatic heterocycles. The summed E-state index contributed by atoms with van der Waals surface area (Å²) in [6.07, 6.45) is 1.73. The summed E-state index contributed by atoms with van der Waals surface area (Å²) in [4.78, 5) is 14.7. The van der Waals surface area contributed by atoms with E-state index in [9.17, 15) is 9.18 Å². The standard InChI is InChI=1S/C25H20ClFN2O2S2/c1-29(2)18-9-6-15(7-10-18)16-8-11-22(31-14-19-20(26)4-3-5-21(19)27)17(12-16)13-23-24(30)28-25(32)33-23/h3-13H,14H2,1-2H3,(H,28,30,32)/b23-13+. The Bertz CT molecular complexity index is 1240. The molecule has 168 valence electrons. The minimum absolute atomic E-state index is 0.0453. The number of rotatable bonds is 6. The van der Waals surface area contributed by atoms with Gasteiger partial charge in [0.15, 0.2) is 0 Å². The van der Waals surface area contributed by atoms with Crippen molar-refractivity contribution in [3.8, 4) is 16.9 Å². The first kappa shape index (κ1) is 23.3. The van der Waals surface area contributed by atoms with Gasteiger partial charge in [0.05, 0.1) is 9.93 Å². The van der Waals surface area contributed by atoms with Crippen molar-refractivity contribution >= 4 is 57.6 Å². The highest BCUT2D eigenvalue weighted by molar-refractivity contribution is 8.26. The van der Waals surface area contributed by atoms with Crippen LogP contribution in [0.2, 0.25) is 5.02 Å². The second-order valence-electron chi connectivity index (χ2n) is 7.54. The number of nitrogens with zero attached hydrogens (tertiary/aromatic N) is 1. The van der Waals surface area contributed by atoms with Crippen molar-refractivity contribution in [2.45, 2.75) is 6.61 Å². The van der Waals surface area contributed by atoms with Crippen LogP contribution >= 0.6 is 35.6 Å². The van der Waals surface area contributed by atoms with Gasteiger partial charge in [0.1, 0.15) is 22.5 Å². The fourth-order valence-electron chi connectivity index (χ4n) is 3.31. The Morgan fingerprint density at radius 3 is 2.48 bits per heavy atom. The van der Waals surface area contributed by atoms with Gasteiger partial charge < -0.3 is 15.0 Å². The van der Waals surface area contributed by atoms with Crippen LogP contribution in [-0.4, -0.2) is 24.3 Å². The maximum atomic E-state index is 14.2. The monoisotopic (exact) mass is 498 g/mol. The van der Waals surface area contributed by atoms with E-state index < -0.39 is 5.82 Å². The zero-order valence-electron chi connectivity index (χ0n) is 17.9. The lowest BCUT2D eigenvalue weighted by atomic mass is 10.0. The largest absolute Gasteiger partial charge is 0.488 e. The first-order chi connectivity index (χ1) is 15.8. The molecule has 0 saturated carbocycles. The van der Waals surface area contributed by atoms with Crippen molar-refractivity contribution in [2.75, 3.05) is 19.0 Å². The molecule has 33 heavy (non-hydrogen) atoms. The minimum Gasteiger partial charge on any atom is -0.488 e. The Kier molecular flexibility index (Phi) is 7.02. The molecule has 8 heteroatoms. The van der Waals surface area contributed by atoms with Gasteiger partial charge in [0.2, 0.25) is 0 Å². The third-order valence-electron chi connectivity index (χ3n) is 5.09. The summed E-state index contributed by atoms with van der Waals surface area (Å²) >= 11 is 12.4. The Morgan fingerprint density at radius 2 is 1.85 bits per heavy atom. The van der Waals surface area contributed by atoms with Crippen molar-refractivity contribution in [3.63, 3.8) is 0 Å². The highest BCUT2D eigenvalue weighted by atomic mass is 35.5. The number of hydrogen-bond donors (Lipinski definition) is 1. The molecule has 1 N–H and O–H groups in total. The van der Waals surface area contributed by atoms with E-state index in [0.29, 0.717) is 25.6 Å². The van der Waals surface area contributed by atoms with Crippen molar-refractivity contribution in [3.05, 3.63) is 87.5 Å². The number of benzene rings is 3. The van der Waals surface area contributed by atoms with Gasteiger partial charge in [-0.25, -0.2) is 4.39 Å². The zero-order valence-corrected chi connectivity index (χ0v) is 20.3. The average molecular weight is 499 g/mol. The number of hydrogen-bond acceptors (Lipinski definition) is 5.